The third kappa shape index (κ3) is 5.20. The van der Waals surface area contributed by atoms with Gasteiger partial charge < -0.3 is 14.8 Å². The number of para-hydroxylation sites is 3. The number of benzene rings is 3. The Kier molecular flexibility index (Phi) is 6.32. The second-order valence-electron chi connectivity index (χ2n) is 7.51. The molecule has 0 radical (unpaired) electrons. The van der Waals surface area contributed by atoms with E-state index in [1.165, 1.54) is 10.6 Å². The molecule has 0 aliphatic carbocycles. The predicted molar refractivity (Wildman–Crippen MR) is 123 cm³/mol. The summed E-state index contributed by atoms with van der Waals surface area (Å²) in [5.41, 5.74) is 1.85. The highest BCUT2D eigenvalue weighted by Gasteiger charge is 2.21. The van der Waals surface area contributed by atoms with E-state index in [9.17, 15) is 13.2 Å². The van der Waals surface area contributed by atoms with E-state index in [1.54, 1.807) is 48.5 Å². The van der Waals surface area contributed by atoms with Crippen LogP contribution in [0.5, 0.6) is 11.5 Å². The molecular formula is C24H24N2O5S. The van der Waals surface area contributed by atoms with Crippen LogP contribution in [-0.4, -0.2) is 39.8 Å². The molecule has 1 aliphatic heterocycles. The Morgan fingerprint density at radius 1 is 0.969 bits per heavy atom. The molecule has 3 aromatic carbocycles. The molecular weight excluding hydrogens is 428 g/mol. The first-order chi connectivity index (χ1) is 15.4. The van der Waals surface area contributed by atoms with Crippen LogP contribution in [0.3, 0.4) is 0 Å². The molecule has 0 fully saturated rings. The Bertz CT molecular complexity index is 1180. The molecule has 7 nitrogen and oxygen atoms in total. The molecule has 32 heavy (non-hydrogen) atoms. The molecule has 0 spiro atoms. The van der Waals surface area contributed by atoms with Gasteiger partial charge in [0.25, 0.3) is 5.91 Å². The zero-order valence-electron chi connectivity index (χ0n) is 17.6. The molecule has 4 rings (SSSR count). The van der Waals surface area contributed by atoms with Crippen molar-refractivity contribution in [2.45, 2.75) is 12.6 Å². The maximum Gasteiger partial charge on any atom is 0.251 e. The molecule has 1 aliphatic rings. The van der Waals surface area contributed by atoms with Crippen molar-refractivity contribution in [1.29, 1.82) is 0 Å². The molecule has 1 heterocycles. The van der Waals surface area contributed by atoms with Crippen molar-refractivity contribution < 1.29 is 22.7 Å². The second kappa shape index (κ2) is 9.32. The summed E-state index contributed by atoms with van der Waals surface area (Å²) in [4.78, 5) is 12.5. The van der Waals surface area contributed by atoms with Crippen LogP contribution in [0, 0.1) is 0 Å². The van der Waals surface area contributed by atoms with Gasteiger partial charge in [-0.25, -0.2) is 8.42 Å². The first-order valence-electron chi connectivity index (χ1n) is 10.2. The maximum atomic E-state index is 12.5. The smallest absolute Gasteiger partial charge is 0.251 e. The van der Waals surface area contributed by atoms with E-state index in [0.717, 1.165) is 5.56 Å². The third-order valence-corrected chi connectivity index (χ3v) is 6.19. The van der Waals surface area contributed by atoms with Gasteiger partial charge in [-0.3, -0.25) is 9.10 Å². The summed E-state index contributed by atoms with van der Waals surface area (Å²) in [7, 11) is -3.46. The fourth-order valence-electron chi connectivity index (χ4n) is 3.39. The minimum Gasteiger partial charge on any atom is -0.486 e. The first kappa shape index (κ1) is 21.7. The average Bonchev–Trinajstić information content (AvgIpc) is 2.81. The number of rotatable bonds is 7. The minimum atomic E-state index is -3.46. The van der Waals surface area contributed by atoms with E-state index in [-0.39, 0.29) is 18.6 Å². The summed E-state index contributed by atoms with van der Waals surface area (Å²) in [6, 6.07) is 23.2. The number of hydrogen-bond donors (Lipinski definition) is 1. The normalized spacial score (nSPS) is 15.1. The summed E-state index contributed by atoms with van der Waals surface area (Å²) in [6.45, 7) is 0.846. The Morgan fingerprint density at radius 2 is 1.62 bits per heavy atom. The fraction of sp³-hybridized carbons (Fsp3) is 0.208. The molecule has 1 N–H and O–H groups in total. The van der Waals surface area contributed by atoms with Crippen molar-refractivity contribution in [1.82, 2.24) is 5.32 Å². The van der Waals surface area contributed by atoms with E-state index >= 15 is 0 Å². The third-order valence-electron chi connectivity index (χ3n) is 5.04. The number of nitrogens with zero attached hydrogens (tertiary/aromatic N) is 1. The standard InChI is InChI=1S/C24H24N2O5S/c1-32(28,29)26(20-7-3-2-4-8-20)16-18-11-13-19(14-12-18)24(27)25-15-21-17-30-22-9-5-6-10-23(22)31-21/h2-14,21H,15-17H2,1H3,(H,25,27)/t21-/m0/s1. The molecule has 3 aromatic rings. The summed E-state index contributed by atoms with van der Waals surface area (Å²) < 4.78 is 37.4. The molecule has 0 unspecified atom stereocenters. The van der Waals surface area contributed by atoms with Crippen LogP contribution < -0.4 is 19.1 Å². The highest BCUT2D eigenvalue weighted by atomic mass is 32.2. The van der Waals surface area contributed by atoms with Crippen LogP contribution in [0.1, 0.15) is 15.9 Å². The lowest BCUT2D eigenvalue weighted by atomic mass is 10.1. The van der Waals surface area contributed by atoms with Gasteiger partial charge in [0.2, 0.25) is 10.0 Å². The SMILES string of the molecule is CS(=O)(=O)N(Cc1ccc(C(=O)NC[C@H]2COc3ccccc3O2)cc1)c1ccccc1. The predicted octanol–water partition coefficient (Wildman–Crippen LogP) is 3.22. The maximum absolute atomic E-state index is 12.5. The van der Waals surface area contributed by atoms with Crippen molar-refractivity contribution in [3.8, 4) is 11.5 Å². The van der Waals surface area contributed by atoms with Gasteiger partial charge in [-0.2, -0.15) is 0 Å². The topological polar surface area (TPSA) is 84.9 Å². The Labute approximate surface area is 187 Å². The monoisotopic (exact) mass is 452 g/mol. The number of fused-ring (bicyclic) bond motifs is 1. The minimum absolute atomic E-state index is 0.178. The zero-order chi connectivity index (χ0) is 22.6. The number of ether oxygens (including phenoxy) is 2. The van der Waals surface area contributed by atoms with Crippen molar-refractivity contribution in [2.24, 2.45) is 0 Å². The second-order valence-corrected chi connectivity index (χ2v) is 9.42. The van der Waals surface area contributed by atoms with Gasteiger partial charge in [-0.1, -0.05) is 42.5 Å². The molecule has 0 aromatic heterocycles. The van der Waals surface area contributed by atoms with Crippen LogP contribution >= 0.6 is 0 Å². The van der Waals surface area contributed by atoms with Crippen LogP contribution in [-0.2, 0) is 16.6 Å². The Morgan fingerprint density at radius 3 is 2.31 bits per heavy atom. The average molecular weight is 453 g/mol. The lowest BCUT2D eigenvalue weighted by Crippen LogP contribution is -2.40. The summed E-state index contributed by atoms with van der Waals surface area (Å²) in [6.07, 6.45) is 0.902. The number of carbonyl (C=O) groups is 1. The lowest BCUT2D eigenvalue weighted by molar-refractivity contribution is 0.0789. The molecule has 0 saturated carbocycles. The van der Waals surface area contributed by atoms with E-state index in [1.807, 2.05) is 30.3 Å². The highest BCUT2D eigenvalue weighted by molar-refractivity contribution is 7.92. The first-order valence-corrected chi connectivity index (χ1v) is 12.0. The van der Waals surface area contributed by atoms with Crippen LogP contribution in [0.25, 0.3) is 0 Å². The summed E-state index contributed by atoms with van der Waals surface area (Å²) >= 11 is 0. The number of sulfonamides is 1. The Hall–Kier alpha value is -3.52. The van der Waals surface area contributed by atoms with Crippen molar-refractivity contribution >= 4 is 21.6 Å². The zero-order valence-corrected chi connectivity index (χ0v) is 18.4. The van der Waals surface area contributed by atoms with E-state index in [0.29, 0.717) is 35.9 Å². The van der Waals surface area contributed by atoms with Gasteiger partial charge in [-0.05, 0) is 42.0 Å². The number of hydrogen-bond acceptors (Lipinski definition) is 5. The fourth-order valence-corrected chi connectivity index (χ4v) is 4.28. The molecule has 1 amide bonds. The molecule has 0 bridgehead atoms. The van der Waals surface area contributed by atoms with Crippen molar-refractivity contribution in [2.75, 3.05) is 23.7 Å². The van der Waals surface area contributed by atoms with Gasteiger partial charge in [0, 0.05) is 5.56 Å². The van der Waals surface area contributed by atoms with Gasteiger partial charge >= 0.3 is 0 Å². The van der Waals surface area contributed by atoms with Gasteiger partial charge in [0.15, 0.2) is 11.5 Å². The van der Waals surface area contributed by atoms with Crippen LogP contribution in [0.15, 0.2) is 78.9 Å². The van der Waals surface area contributed by atoms with E-state index in [4.69, 9.17) is 9.47 Å². The number of anilines is 1. The van der Waals surface area contributed by atoms with Crippen LogP contribution in [0.4, 0.5) is 5.69 Å². The Balaban J connectivity index is 1.36. The lowest BCUT2D eigenvalue weighted by Gasteiger charge is -2.26. The van der Waals surface area contributed by atoms with Gasteiger partial charge in [0.05, 0.1) is 25.0 Å². The molecule has 0 saturated heterocycles. The largest absolute Gasteiger partial charge is 0.486 e. The highest BCUT2D eigenvalue weighted by Crippen LogP contribution is 2.30. The van der Waals surface area contributed by atoms with Crippen molar-refractivity contribution in [3.05, 3.63) is 90.0 Å². The number of carbonyl (C=O) groups excluding carboxylic acids is 1. The summed E-state index contributed by atoms with van der Waals surface area (Å²) in [5, 5.41) is 2.86. The molecule has 166 valence electrons. The molecule has 8 heteroatoms. The number of nitrogens with one attached hydrogen (secondary N) is 1. The van der Waals surface area contributed by atoms with Crippen molar-refractivity contribution in [3.63, 3.8) is 0 Å². The summed E-state index contributed by atoms with van der Waals surface area (Å²) in [5.74, 6) is 1.13. The quantitative estimate of drug-likeness (QED) is 0.595. The van der Waals surface area contributed by atoms with Gasteiger partial charge in [-0.15, -0.1) is 0 Å². The molecule has 1 atom stereocenters. The van der Waals surface area contributed by atoms with Crippen LogP contribution in [0.2, 0.25) is 0 Å². The van der Waals surface area contributed by atoms with E-state index < -0.39 is 10.0 Å². The number of amides is 1. The van der Waals surface area contributed by atoms with Gasteiger partial charge in [0.1, 0.15) is 12.7 Å². The van der Waals surface area contributed by atoms with E-state index in [2.05, 4.69) is 5.32 Å².